The average molecular weight is 380 g/mol. The van der Waals surface area contributed by atoms with E-state index in [1.54, 1.807) is 6.92 Å². The van der Waals surface area contributed by atoms with Crippen molar-refractivity contribution in [3.63, 3.8) is 0 Å². The van der Waals surface area contributed by atoms with Crippen LogP contribution in [-0.4, -0.2) is 33.8 Å². The van der Waals surface area contributed by atoms with Crippen molar-refractivity contribution in [2.45, 2.75) is 86.6 Å². The predicted octanol–water partition coefficient (Wildman–Crippen LogP) is 4.34. The zero-order valence-corrected chi connectivity index (χ0v) is 18.1. The third-order valence-corrected chi connectivity index (χ3v) is 5.68. The summed E-state index contributed by atoms with van der Waals surface area (Å²) < 4.78 is 22.2. The molecule has 0 aromatic rings. The molecule has 0 aromatic heterocycles. The van der Waals surface area contributed by atoms with Crippen molar-refractivity contribution in [1.29, 1.82) is 0 Å². The van der Waals surface area contributed by atoms with Crippen molar-refractivity contribution in [1.82, 2.24) is 0 Å². The number of rotatable bonds is 8. The van der Waals surface area contributed by atoms with Crippen LogP contribution in [0.25, 0.3) is 0 Å². The van der Waals surface area contributed by atoms with E-state index in [2.05, 4.69) is 20.8 Å². The summed E-state index contributed by atoms with van der Waals surface area (Å²) >= 11 is 0. The minimum absolute atomic E-state index is 0.0107. The van der Waals surface area contributed by atoms with E-state index < -0.39 is 12.9 Å². The Morgan fingerprint density at radius 3 is 1.88 bits per heavy atom. The molecule has 0 rings (SSSR count). The molecule has 7 heteroatoms. The second-order valence-corrected chi connectivity index (χ2v) is 11.7. The number of esters is 1. The second-order valence-electron chi connectivity index (χ2n) is 9.56. The van der Waals surface area contributed by atoms with Crippen LogP contribution in [0.1, 0.15) is 75.2 Å². The average Bonchev–Trinajstić information content (AvgIpc) is 2.31. The molecule has 0 aliphatic carbocycles. The van der Waals surface area contributed by atoms with Crippen LogP contribution < -0.4 is 0 Å². The van der Waals surface area contributed by atoms with Gasteiger partial charge in [0.2, 0.25) is 0 Å². The van der Waals surface area contributed by atoms with E-state index in [1.807, 2.05) is 20.8 Å². The molecule has 150 valence electrons. The van der Waals surface area contributed by atoms with Gasteiger partial charge in [0.05, 0.1) is 12.5 Å². The van der Waals surface area contributed by atoms with E-state index in [1.165, 1.54) is 13.8 Å². The molecule has 0 fully saturated rings. The van der Waals surface area contributed by atoms with Gasteiger partial charge in [-0.2, -0.15) is 0 Å². The molecule has 0 aliphatic heterocycles. The molecule has 2 unspecified atom stereocenters. The molecule has 0 bridgehead atoms. The fraction of sp³-hybridized carbons (Fsp3) is 0.944. The van der Waals surface area contributed by atoms with E-state index in [4.69, 9.17) is 9.47 Å². The number of hydrogen-bond acceptors (Lipinski definition) is 4. The van der Waals surface area contributed by atoms with Crippen LogP contribution >= 0.6 is 7.60 Å². The largest absolute Gasteiger partial charge is 0.462 e. The molecule has 2 N–H and O–H groups in total. The lowest BCUT2D eigenvalue weighted by Gasteiger charge is -2.34. The van der Waals surface area contributed by atoms with Crippen LogP contribution in [-0.2, 0) is 18.8 Å². The summed E-state index contributed by atoms with van der Waals surface area (Å²) in [5, 5.41) is -1.54. The summed E-state index contributed by atoms with van der Waals surface area (Å²) in [6.07, 6.45) is 0.718. The Balaban J connectivity index is 4.69. The molecule has 0 amide bonds. The summed E-state index contributed by atoms with van der Waals surface area (Å²) in [6, 6.07) is 0. The smallest absolute Gasteiger partial charge is 0.356 e. The van der Waals surface area contributed by atoms with Crippen molar-refractivity contribution in [3.05, 3.63) is 0 Å². The van der Waals surface area contributed by atoms with Gasteiger partial charge < -0.3 is 19.3 Å². The summed E-state index contributed by atoms with van der Waals surface area (Å²) in [5.41, 5.74) is -0.195. The van der Waals surface area contributed by atoms with Crippen LogP contribution in [0, 0.1) is 16.7 Å². The van der Waals surface area contributed by atoms with Gasteiger partial charge in [0, 0.05) is 6.42 Å². The zero-order chi connectivity index (χ0) is 20.3. The zero-order valence-electron chi connectivity index (χ0n) is 17.3. The van der Waals surface area contributed by atoms with Crippen LogP contribution in [0.2, 0.25) is 0 Å². The Hall–Kier alpha value is -0.420. The normalized spacial score (nSPS) is 16.4. The van der Waals surface area contributed by atoms with Crippen LogP contribution in [0.3, 0.4) is 0 Å². The molecular weight excluding hydrogens is 343 g/mol. The third-order valence-electron chi connectivity index (χ3n) is 4.14. The Kier molecular flexibility index (Phi) is 8.37. The highest BCUT2D eigenvalue weighted by molar-refractivity contribution is 7.53. The highest BCUT2D eigenvalue weighted by Crippen LogP contribution is 2.50. The Labute approximate surface area is 152 Å². The first-order chi connectivity index (χ1) is 10.9. The molecule has 0 saturated heterocycles. The quantitative estimate of drug-likeness (QED) is 0.481. The Morgan fingerprint density at radius 1 is 1.04 bits per heavy atom. The molecule has 0 radical (unpaired) electrons. The van der Waals surface area contributed by atoms with Crippen molar-refractivity contribution in [2.75, 3.05) is 6.61 Å². The summed E-state index contributed by atoms with van der Waals surface area (Å²) in [6.45, 7) is 17.0. The van der Waals surface area contributed by atoms with Gasteiger partial charge in [-0.25, -0.2) is 0 Å². The predicted molar refractivity (Wildman–Crippen MR) is 99.3 cm³/mol. The first-order valence-electron chi connectivity index (χ1n) is 8.77. The van der Waals surface area contributed by atoms with E-state index in [0.717, 1.165) is 6.42 Å². The maximum absolute atomic E-state index is 12.6. The van der Waals surface area contributed by atoms with Crippen molar-refractivity contribution in [3.8, 4) is 0 Å². The first-order valence-corrected chi connectivity index (χ1v) is 10.4. The van der Waals surface area contributed by atoms with E-state index in [9.17, 15) is 19.1 Å². The van der Waals surface area contributed by atoms with E-state index in [0.29, 0.717) is 6.42 Å². The Morgan fingerprint density at radius 2 is 1.52 bits per heavy atom. The summed E-state index contributed by atoms with van der Waals surface area (Å²) in [4.78, 5) is 31.1. The van der Waals surface area contributed by atoms with Crippen LogP contribution in [0.4, 0.5) is 0 Å². The highest BCUT2D eigenvalue weighted by Gasteiger charge is 2.39. The lowest BCUT2D eigenvalue weighted by Crippen LogP contribution is -2.35. The van der Waals surface area contributed by atoms with Crippen molar-refractivity contribution < 1.29 is 28.6 Å². The number of carbonyl (C=O) groups is 1. The van der Waals surface area contributed by atoms with E-state index in [-0.39, 0.29) is 35.4 Å². The summed E-state index contributed by atoms with van der Waals surface area (Å²) in [5.74, 6) is -0.452. The maximum Gasteiger partial charge on any atom is 0.356 e. The molecule has 0 heterocycles. The second kappa shape index (κ2) is 8.51. The fourth-order valence-corrected chi connectivity index (χ4v) is 2.51. The minimum atomic E-state index is -4.35. The highest BCUT2D eigenvalue weighted by atomic mass is 31.2. The number of carbonyl (C=O) groups excluding carboxylic acids is 1. The maximum atomic E-state index is 12.6. The third kappa shape index (κ3) is 9.18. The SMILES string of the molecule is CC(CCOC(C)(C)P(=O)(O)O)OC(=O)C(CC(C)(C)C)C(C)(C)C. The van der Waals surface area contributed by atoms with E-state index >= 15 is 0 Å². The minimum Gasteiger partial charge on any atom is -0.462 e. The lowest BCUT2D eigenvalue weighted by molar-refractivity contribution is -0.159. The molecule has 0 aliphatic rings. The molecular formula is C18H37O6P. The number of ether oxygens (including phenoxy) is 2. The van der Waals surface area contributed by atoms with Gasteiger partial charge in [-0.05, 0) is 38.0 Å². The molecule has 0 spiro atoms. The van der Waals surface area contributed by atoms with Crippen LogP contribution in [0.5, 0.6) is 0 Å². The Bertz CT molecular complexity index is 481. The topological polar surface area (TPSA) is 93.1 Å². The van der Waals surface area contributed by atoms with Crippen molar-refractivity contribution in [2.24, 2.45) is 16.7 Å². The standard InChI is InChI=1S/C18H37O6P/c1-13(10-11-23-18(8,9)25(20,21)22)24-15(19)14(17(5,6)7)12-16(2,3)4/h13-14H,10-12H2,1-9H3,(H2,20,21,22). The lowest BCUT2D eigenvalue weighted by atomic mass is 9.72. The first kappa shape index (κ1) is 24.6. The molecule has 25 heavy (non-hydrogen) atoms. The van der Waals surface area contributed by atoms with Gasteiger partial charge in [-0.3, -0.25) is 9.36 Å². The van der Waals surface area contributed by atoms with Crippen LogP contribution in [0.15, 0.2) is 0 Å². The number of hydrogen-bond donors (Lipinski definition) is 2. The van der Waals surface area contributed by atoms with Gasteiger partial charge in [0.15, 0.2) is 5.34 Å². The monoisotopic (exact) mass is 380 g/mol. The molecule has 2 atom stereocenters. The van der Waals surface area contributed by atoms with Crippen molar-refractivity contribution >= 4 is 13.6 Å². The molecule has 0 saturated carbocycles. The summed E-state index contributed by atoms with van der Waals surface area (Å²) in [7, 11) is -4.35. The molecule has 6 nitrogen and oxygen atoms in total. The fourth-order valence-electron chi connectivity index (χ4n) is 2.25. The van der Waals surface area contributed by atoms with Gasteiger partial charge in [-0.15, -0.1) is 0 Å². The van der Waals surface area contributed by atoms with Gasteiger partial charge in [-0.1, -0.05) is 41.5 Å². The van der Waals surface area contributed by atoms with Gasteiger partial charge in [0.25, 0.3) is 0 Å². The molecule has 0 aromatic carbocycles. The van der Waals surface area contributed by atoms with Gasteiger partial charge >= 0.3 is 13.6 Å². The van der Waals surface area contributed by atoms with Gasteiger partial charge in [0.1, 0.15) is 6.10 Å².